The van der Waals surface area contributed by atoms with Gasteiger partial charge in [-0.25, -0.2) is 9.78 Å². The van der Waals surface area contributed by atoms with Crippen molar-refractivity contribution < 1.29 is 9.59 Å². The Bertz CT molecular complexity index is 761. The van der Waals surface area contributed by atoms with Gasteiger partial charge in [-0.1, -0.05) is 13.0 Å². The van der Waals surface area contributed by atoms with E-state index in [1.165, 1.54) is 4.90 Å². The lowest BCUT2D eigenvalue weighted by Gasteiger charge is -2.33. The summed E-state index contributed by atoms with van der Waals surface area (Å²) in [5.74, 6) is 0.548. The van der Waals surface area contributed by atoms with Crippen LogP contribution < -0.4 is 5.32 Å². The average Bonchev–Trinajstić information content (AvgIpc) is 3.28. The van der Waals surface area contributed by atoms with Gasteiger partial charge in [0, 0.05) is 5.38 Å². The number of carbonyl (C=O) groups excluding carboxylic acids is 2. The van der Waals surface area contributed by atoms with Crippen LogP contribution in [0.3, 0.4) is 0 Å². The topological polar surface area (TPSA) is 62.3 Å². The van der Waals surface area contributed by atoms with Crippen LogP contribution in [0, 0.1) is 5.92 Å². The highest BCUT2D eigenvalue weighted by Crippen LogP contribution is 2.37. The van der Waals surface area contributed by atoms with E-state index in [4.69, 9.17) is 0 Å². The van der Waals surface area contributed by atoms with Crippen molar-refractivity contribution >= 4 is 34.6 Å². The first-order chi connectivity index (χ1) is 11.6. The zero-order valence-electron chi connectivity index (χ0n) is 13.4. The smallest absolute Gasteiger partial charge is 0.323 e. The molecule has 0 unspecified atom stereocenters. The number of carbonyl (C=O) groups is 2. The van der Waals surface area contributed by atoms with Crippen molar-refractivity contribution in [1.29, 1.82) is 0 Å². The predicted octanol–water partition coefficient (Wildman–Crippen LogP) is 3.87. The molecule has 126 valence electrons. The van der Waals surface area contributed by atoms with Gasteiger partial charge in [0.25, 0.3) is 5.91 Å². The molecule has 1 spiro atoms. The monoisotopic (exact) mass is 361 g/mol. The molecule has 2 aromatic heterocycles. The molecule has 3 heterocycles. The quantitative estimate of drug-likeness (QED) is 0.844. The Hall–Kier alpha value is -1.73. The molecular weight excluding hydrogens is 342 g/mol. The summed E-state index contributed by atoms with van der Waals surface area (Å²) in [6.07, 6.45) is 3.46. The van der Waals surface area contributed by atoms with Gasteiger partial charge >= 0.3 is 6.03 Å². The van der Waals surface area contributed by atoms with Gasteiger partial charge in [-0.2, -0.15) is 0 Å². The van der Waals surface area contributed by atoms with Crippen molar-refractivity contribution in [2.45, 2.75) is 44.7 Å². The molecule has 0 bridgehead atoms. The molecule has 3 amide bonds. The van der Waals surface area contributed by atoms with Crippen molar-refractivity contribution in [2.75, 3.05) is 0 Å². The number of imide groups is 1. The standard InChI is InChI=1S/C17H19N3O2S2/c1-11-4-6-17(7-5-11)15(21)20(16(22)19-17)9-12-10-24-14(18-12)13-3-2-8-23-13/h2-3,8,10-11H,4-7,9H2,1H3,(H,19,22). The molecule has 0 atom stereocenters. The third kappa shape index (κ3) is 2.65. The van der Waals surface area contributed by atoms with Crippen LogP contribution >= 0.6 is 22.7 Å². The van der Waals surface area contributed by atoms with Crippen LogP contribution in [0.25, 0.3) is 9.88 Å². The van der Waals surface area contributed by atoms with E-state index in [1.54, 1.807) is 22.7 Å². The van der Waals surface area contributed by atoms with Gasteiger partial charge in [-0.15, -0.1) is 22.7 Å². The van der Waals surface area contributed by atoms with Gasteiger partial charge in [0.05, 0.1) is 17.1 Å². The van der Waals surface area contributed by atoms with E-state index in [0.717, 1.165) is 41.3 Å². The summed E-state index contributed by atoms with van der Waals surface area (Å²) in [5.41, 5.74) is 0.101. The van der Waals surface area contributed by atoms with Gasteiger partial charge in [0.15, 0.2) is 0 Å². The van der Waals surface area contributed by atoms with Crippen LogP contribution in [0.15, 0.2) is 22.9 Å². The number of nitrogens with zero attached hydrogens (tertiary/aromatic N) is 2. The Balaban J connectivity index is 1.51. The highest BCUT2D eigenvalue weighted by Gasteiger charge is 2.52. The minimum absolute atomic E-state index is 0.0786. The molecule has 2 aliphatic rings. The molecule has 1 saturated carbocycles. The first-order valence-electron chi connectivity index (χ1n) is 8.20. The first-order valence-corrected chi connectivity index (χ1v) is 9.96. The number of rotatable bonds is 3. The minimum atomic E-state index is -0.670. The summed E-state index contributed by atoms with van der Waals surface area (Å²) in [6, 6.07) is 3.74. The Labute approximate surface area is 148 Å². The number of hydrogen-bond acceptors (Lipinski definition) is 5. The second kappa shape index (κ2) is 5.97. The average molecular weight is 361 g/mol. The van der Waals surface area contributed by atoms with Crippen LogP contribution in [0.4, 0.5) is 4.79 Å². The fourth-order valence-electron chi connectivity index (χ4n) is 3.47. The molecule has 2 aromatic rings. The Morgan fingerprint density at radius 3 is 2.83 bits per heavy atom. The molecule has 1 saturated heterocycles. The Kier molecular flexibility index (Phi) is 3.92. The molecule has 2 fully saturated rings. The number of nitrogens with one attached hydrogen (secondary N) is 1. The number of aromatic nitrogens is 1. The Morgan fingerprint density at radius 2 is 2.12 bits per heavy atom. The highest BCUT2D eigenvalue weighted by molar-refractivity contribution is 7.20. The number of amides is 3. The van der Waals surface area contributed by atoms with Crippen molar-refractivity contribution in [3.05, 3.63) is 28.6 Å². The van der Waals surface area contributed by atoms with Crippen LogP contribution in [-0.2, 0) is 11.3 Å². The molecular formula is C17H19N3O2S2. The number of thiazole rings is 1. The maximum Gasteiger partial charge on any atom is 0.325 e. The molecule has 24 heavy (non-hydrogen) atoms. The van der Waals surface area contributed by atoms with Gasteiger partial charge in [0.1, 0.15) is 10.5 Å². The van der Waals surface area contributed by atoms with Gasteiger partial charge in [-0.05, 0) is 43.0 Å². The summed E-state index contributed by atoms with van der Waals surface area (Å²) in [6.45, 7) is 2.46. The van der Waals surface area contributed by atoms with Crippen LogP contribution in [-0.4, -0.2) is 27.4 Å². The summed E-state index contributed by atoms with van der Waals surface area (Å²) in [4.78, 5) is 32.2. The predicted molar refractivity (Wildman–Crippen MR) is 94.9 cm³/mol. The van der Waals surface area contributed by atoms with Crippen molar-refractivity contribution in [3.8, 4) is 9.88 Å². The maximum atomic E-state index is 12.9. The molecule has 1 aliphatic heterocycles. The molecule has 0 aromatic carbocycles. The summed E-state index contributed by atoms with van der Waals surface area (Å²) in [5, 5.41) is 7.85. The normalized spacial score (nSPS) is 27.0. The molecule has 1 aliphatic carbocycles. The number of thiophene rings is 1. The molecule has 1 N–H and O–H groups in total. The van der Waals surface area contributed by atoms with Crippen LogP contribution in [0.5, 0.6) is 0 Å². The minimum Gasteiger partial charge on any atom is -0.323 e. The second-order valence-corrected chi connectivity index (χ2v) is 8.51. The molecule has 5 nitrogen and oxygen atoms in total. The van der Waals surface area contributed by atoms with Crippen LogP contribution in [0.1, 0.15) is 38.3 Å². The SMILES string of the molecule is CC1CCC2(CC1)NC(=O)N(Cc1csc(-c3cccs3)n1)C2=O. The largest absolute Gasteiger partial charge is 0.325 e. The summed E-state index contributed by atoms with van der Waals surface area (Å²) in [7, 11) is 0. The summed E-state index contributed by atoms with van der Waals surface area (Å²) < 4.78 is 0. The van der Waals surface area contributed by atoms with E-state index < -0.39 is 5.54 Å². The van der Waals surface area contributed by atoms with Crippen molar-refractivity contribution in [2.24, 2.45) is 5.92 Å². The zero-order chi connectivity index (χ0) is 16.7. The van der Waals surface area contributed by atoms with E-state index >= 15 is 0 Å². The second-order valence-electron chi connectivity index (χ2n) is 6.71. The van der Waals surface area contributed by atoms with E-state index in [2.05, 4.69) is 17.2 Å². The molecule has 4 rings (SSSR count). The van der Waals surface area contributed by atoms with Gasteiger partial charge in [-0.3, -0.25) is 9.69 Å². The first kappa shape index (κ1) is 15.8. The lowest BCUT2D eigenvalue weighted by molar-refractivity contribution is -0.133. The summed E-state index contributed by atoms with van der Waals surface area (Å²) >= 11 is 3.19. The van der Waals surface area contributed by atoms with E-state index in [-0.39, 0.29) is 18.5 Å². The van der Waals surface area contributed by atoms with E-state index in [0.29, 0.717) is 5.92 Å². The lowest BCUT2D eigenvalue weighted by atomic mass is 9.77. The molecule has 7 heteroatoms. The molecule has 0 radical (unpaired) electrons. The third-order valence-electron chi connectivity index (χ3n) is 4.98. The fourth-order valence-corrected chi connectivity index (χ4v) is 5.09. The van der Waals surface area contributed by atoms with Crippen molar-refractivity contribution in [3.63, 3.8) is 0 Å². The maximum absolute atomic E-state index is 12.9. The number of urea groups is 1. The van der Waals surface area contributed by atoms with Crippen molar-refractivity contribution in [1.82, 2.24) is 15.2 Å². The van der Waals surface area contributed by atoms with Gasteiger partial charge < -0.3 is 5.32 Å². The third-order valence-corrected chi connectivity index (χ3v) is 6.91. The Morgan fingerprint density at radius 1 is 1.33 bits per heavy atom. The highest BCUT2D eigenvalue weighted by atomic mass is 32.1. The van der Waals surface area contributed by atoms with E-state index in [1.807, 2.05) is 22.9 Å². The van der Waals surface area contributed by atoms with Gasteiger partial charge in [0.2, 0.25) is 0 Å². The zero-order valence-corrected chi connectivity index (χ0v) is 15.1. The fraction of sp³-hybridized carbons (Fsp3) is 0.471. The lowest BCUT2D eigenvalue weighted by Crippen LogP contribution is -2.49. The number of hydrogen-bond donors (Lipinski definition) is 1. The van der Waals surface area contributed by atoms with Crippen LogP contribution in [0.2, 0.25) is 0 Å². The van der Waals surface area contributed by atoms with E-state index in [9.17, 15) is 9.59 Å².